The van der Waals surface area contributed by atoms with Crippen LogP contribution in [0.15, 0.2) is 231 Å². The first-order valence-electron chi connectivity index (χ1n) is 19.2. The minimum atomic E-state index is 1.10. The second kappa shape index (κ2) is 14.4. The van der Waals surface area contributed by atoms with E-state index in [2.05, 4.69) is 240 Å². The van der Waals surface area contributed by atoms with E-state index in [0.717, 1.165) is 17.1 Å². The second-order valence-corrected chi connectivity index (χ2v) is 14.1. The zero-order valence-corrected chi connectivity index (χ0v) is 30.8. The van der Waals surface area contributed by atoms with Gasteiger partial charge in [-0.25, -0.2) is 0 Å². The number of nitrogens with zero attached hydrogens (tertiary/aromatic N) is 2. The van der Waals surface area contributed by atoms with E-state index in [9.17, 15) is 0 Å². The summed E-state index contributed by atoms with van der Waals surface area (Å²) in [6.45, 7) is 0. The summed E-state index contributed by atoms with van der Waals surface area (Å²) < 4.78 is 2.42. The SMILES string of the molecule is c1ccc(-c2ccc(-c3ccc(N(c4ccccc4)c4ccc(-c5ccccc5-c5ccccc5-n5c6ccccc6c6ccccc65)cc4)cc3)cc2)cc1. The Labute approximate surface area is 327 Å². The molecule has 0 saturated heterocycles. The van der Waals surface area contributed by atoms with Crippen LogP contribution in [0.25, 0.3) is 72.0 Å². The van der Waals surface area contributed by atoms with Gasteiger partial charge in [0.1, 0.15) is 0 Å². The lowest BCUT2D eigenvalue weighted by molar-refractivity contribution is 1.18. The van der Waals surface area contributed by atoms with Crippen LogP contribution in [-0.4, -0.2) is 4.57 Å². The third-order valence-corrected chi connectivity index (χ3v) is 10.8. The first kappa shape index (κ1) is 33.2. The van der Waals surface area contributed by atoms with Crippen LogP contribution >= 0.6 is 0 Å². The molecule has 0 atom stereocenters. The molecule has 0 amide bonds. The highest BCUT2D eigenvalue weighted by Crippen LogP contribution is 2.41. The monoisotopic (exact) mass is 714 g/mol. The molecule has 9 aromatic carbocycles. The summed E-state index contributed by atoms with van der Waals surface area (Å²) in [6, 6.07) is 82.9. The molecule has 0 aliphatic carbocycles. The Bertz CT molecular complexity index is 2870. The average Bonchev–Trinajstić information content (AvgIpc) is 3.62. The summed E-state index contributed by atoms with van der Waals surface area (Å²) in [5.74, 6) is 0. The molecule has 1 aromatic heterocycles. The molecule has 1 heterocycles. The topological polar surface area (TPSA) is 8.17 Å². The van der Waals surface area contributed by atoms with Gasteiger partial charge in [0.2, 0.25) is 0 Å². The maximum Gasteiger partial charge on any atom is 0.0541 e. The van der Waals surface area contributed by atoms with Crippen molar-refractivity contribution in [3.05, 3.63) is 231 Å². The van der Waals surface area contributed by atoms with Gasteiger partial charge in [0.05, 0.1) is 16.7 Å². The Morgan fingerprint density at radius 1 is 0.250 bits per heavy atom. The van der Waals surface area contributed by atoms with Crippen molar-refractivity contribution in [3.8, 4) is 50.2 Å². The third-order valence-electron chi connectivity index (χ3n) is 10.8. The highest BCUT2D eigenvalue weighted by molar-refractivity contribution is 6.10. The number of benzene rings is 9. The summed E-state index contributed by atoms with van der Waals surface area (Å²) in [5.41, 5.74) is 16.5. The molecule has 56 heavy (non-hydrogen) atoms. The van der Waals surface area contributed by atoms with Crippen molar-refractivity contribution in [1.29, 1.82) is 0 Å². The summed E-state index contributed by atoms with van der Waals surface area (Å²) in [4.78, 5) is 2.33. The molecular weight excluding hydrogens is 677 g/mol. The molecule has 0 unspecified atom stereocenters. The predicted molar refractivity (Wildman–Crippen MR) is 237 cm³/mol. The quantitative estimate of drug-likeness (QED) is 0.152. The smallest absolute Gasteiger partial charge is 0.0541 e. The van der Waals surface area contributed by atoms with E-state index in [1.807, 2.05) is 0 Å². The van der Waals surface area contributed by atoms with Gasteiger partial charge in [-0.15, -0.1) is 0 Å². The van der Waals surface area contributed by atoms with Crippen LogP contribution in [0.3, 0.4) is 0 Å². The molecule has 264 valence electrons. The molecule has 0 N–H and O–H groups in total. The van der Waals surface area contributed by atoms with Gasteiger partial charge < -0.3 is 9.47 Å². The van der Waals surface area contributed by atoms with Gasteiger partial charge >= 0.3 is 0 Å². The normalized spacial score (nSPS) is 11.2. The third kappa shape index (κ3) is 6.04. The molecule has 2 heteroatoms. The molecule has 10 rings (SSSR count). The van der Waals surface area contributed by atoms with Crippen LogP contribution in [0.5, 0.6) is 0 Å². The van der Waals surface area contributed by atoms with Crippen molar-refractivity contribution in [2.75, 3.05) is 4.90 Å². The minimum Gasteiger partial charge on any atom is -0.311 e. The van der Waals surface area contributed by atoms with Gasteiger partial charge in [0.15, 0.2) is 0 Å². The van der Waals surface area contributed by atoms with E-state index in [0.29, 0.717) is 0 Å². The van der Waals surface area contributed by atoms with Gasteiger partial charge in [-0.2, -0.15) is 0 Å². The van der Waals surface area contributed by atoms with Gasteiger partial charge in [-0.1, -0.05) is 176 Å². The molecule has 2 nitrogen and oxygen atoms in total. The van der Waals surface area contributed by atoms with Crippen LogP contribution in [0.2, 0.25) is 0 Å². The lowest BCUT2D eigenvalue weighted by Gasteiger charge is -2.26. The molecule has 10 aromatic rings. The standard InChI is InChI=1S/C54H38N2/c1-3-15-39(16-4-1)40-27-29-41(30-28-40)42-31-35-45(36-32-42)55(44-17-5-2-6-18-44)46-37-33-43(34-38-46)47-19-7-8-20-48(47)49-21-9-12-24-52(49)56-53-25-13-10-22-50(53)51-23-11-14-26-54(51)56/h1-38H. The molecule has 0 aliphatic heterocycles. The van der Waals surface area contributed by atoms with E-state index in [1.165, 1.54) is 72.0 Å². The second-order valence-electron chi connectivity index (χ2n) is 14.1. The highest BCUT2D eigenvalue weighted by atomic mass is 15.1. The summed E-state index contributed by atoms with van der Waals surface area (Å²) in [5, 5.41) is 2.52. The lowest BCUT2D eigenvalue weighted by atomic mass is 9.93. The Kier molecular flexibility index (Phi) is 8.55. The number of hydrogen-bond acceptors (Lipinski definition) is 1. The lowest BCUT2D eigenvalue weighted by Crippen LogP contribution is -2.09. The Morgan fingerprint density at radius 2 is 0.625 bits per heavy atom. The molecule has 0 spiro atoms. The zero-order valence-electron chi connectivity index (χ0n) is 30.8. The fourth-order valence-electron chi connectivity index (χ4n) is 8.15. The Balaban J connectivity index is 1.00. The van der Waals surface area contributed by atoms with Crippen molar-refractivity contribution in [1.82, 2.24) is 4.57 Å². The molecule has 0 aliphatic rings. The Hall–Kier alpha value is -7.42. The minimum absolute atomic E-state index is 1.10. The molecule has 0 saturated carbocycles. The van der Waals surface area contributed by atoms with Crippen molar-refractivity contribution < 1.29 is 0 Å². The number of fused-ring (bicyclic) bond motifs is 3. The fourth-order valence-corrected chi connectivity index (χ4v) is 8.15. The van der Waals surface area contributed by atoms with E-state index >= 15 is 0 Å². The van der Waals surface area contributed by atoms with Crippen LogP contribution in [0.4, 0.5) is 17.1 Å². The largest absolute Gasteiger partial charge is 0.311 e. The number of anilines is 3. The molecular formula is C54H38N2. The first-order valence-corrected chi connectivity index (χ1v) is 19.2. The van der Waals surface area contributed by atoms with E-state index in [4.69, 9.17) is 0 Å². The summed E-state index contributed by atoms with van der Waals surface area (Å²) in [7, 11) is 0. The van der Waals surface area contributed by atoms with Crippen molar-refractivity contribution in [2.45, 2.75) is 0 Å². The van der Waals surface area contributed by atoms with Crippen molar-refractivity contribution in [3.63, 3.8) is 0 Å². The predicted octanol–water partition coefficient (Wildman–Crippen LogP) is 14.9. The van der Waals surface area contributed by atoms with Gasteiger partial charge in [0.25, 0.3) is 0 Å². The highest BCUT2D eigenvalue weighted by Gasteiger charge is 2.18. The maximum atomic E-state index is 2.42. The molecule has 0 radical (unpaired) electrons. The van der Waals surface area contributed by atoms with Crippen LogP contribution in [0, 0.1) is 0 Å². The van der Waals surface area contributed by atoms with Gasteiger partial charge in [-0.05, 0) is 93.5 Å². The van der Waals surface area contributed by atoms with Crippen molar-refractivity contribution >= 4 is 38.9 Å². The zero-order chi connectivity index (χ0) is 37.3. The average molecular weight is 715 g/mol. The van der Waals surface area contributed by atoms with E-state index in [1.54, 1.807) is 0 Å². The van der Waals surface area contributed by atoms with Crippen LogP contribution < -0.4 is 4.90 Å². The number of hydrogen-bond donors (Lipinski definition) is 0. The Morgan fingerprint density at radius 3 is 1.20 bits per heavy atom. The first-order chi connectivity index (χ1) is 27.8. The fraction of sp³-hybridized carbons (Fsp3) is 0. The maximum absolute atomic E-state index is 2.42. The number of aromatic nitrogens is 1. The summed E-state index contributed by atoms with van der Waals surface area (Å²) in [6.07, 6.45) is 0. The number of rotatable bonds is 8. The molecule has 0 fully saturated rings. The molecule has 0 bridgehead atoms. The van der Waals surface area contributed by atoms with Gasteiger partial charge in [-0.3, -0.25) is 0 Å². The van der Waals surface area contributed by atoms with Crippen LogP contribution in [0.1, 0.15) is 0 Å². The van der Waals surface area contributed by atoms with E-state index in [-0.39, 0.29) is 0 Å². The van der Waals surface area contributed by atoms with Crippen molar-refractivity contribution in [2.24, 2.45) is 0 Å². The van der Waals surface area contributed by atoms with Gasteiger partial charge in [0, 0.05) is 33.4 Å². The summed E-state index contributed by atoms with van der Waals surface area (Å²) >= 11 is 0. The van der Waals surface area contributed by atoms with E-state index < -0.39 is 0 Å². The van der Waals surface area contributed by atoms with Crippen LogP contribution in [-0.2, 0) is 0 Å². The number of para-hydroxylation sites is 4.